The highest BCUT2D eigenvalue weighted by molar-refractivity contribution is 9.10. The number of ether oxygens (including phenoxy) is 1. The molecule has 112 valence electrons. The lowest BCUT2D eigenvalue weighted by Crippen LogP contribution is -2.11. The van der Waals surface area contributed by atoms with E-state index in [9.17, 15) is 9.18 Å². The topological polar surface area (TPSA) is 51.2 Å². The second-order valence-corrected chi connectivity index (χ2v) is 6.32. The van der Waals surface area contributed by atoms with Gasteiger partial charge in [0.05, 0.1) is 21.8 Å². The number of anilines is 1. The van der Waals surface area contributed by atoms with Crippen molar-refractivity contribution in [3.63, 3.8) is 0 Å². The van der Waals surface area contributed by atoms with Crippen LogP contribution in [0.4, 0.5) is 9.52 Å². The number of fused-ring (bicyclic) bond motifs is 1. The lowest BCUT2D eigenvalue weighted by molar-refractivity contribution is 0.102. The fourth-order valence-corrected chi connectivity index (χ4v) is 3.16. The summed E-state index contributed by atoms with van der Waals surface area (Å²) in [6, 6.07) is 9.59. The molecule has 0 aliphatic heterocycles. The number of thiazole rings is 1. The van der Waals surface area contributed by atoms with E-state index in [-0.39, 0.29) is 10.4 Å². The fraction of sp³-hybridized carbons (Fsp3) is 0.0667. The first kappa shape index (κ1) is 14.9. The average molecular weight is 381 g/mol. The van der Waals surface area contributed by atoms with Crippen molar-refractivity contribution in [2.24, 2.45) is 0 Å². The SMILES string of the molecule is COc1ccc2nc(NC(=O)c3ccc(F)c(Br)c3)sc2c1. The monoisotopic (exact) mass is 380 g/mol. The summed E-state index contributed by atoms with van der Waals surface area (Å²) in [5.41, 5.74) is 1.13. The molecule has 0 fully saturated rings. The van der Waals surface area contributed by atoms with Crippen molar-refractivity contribution in [1.82, 2.24) is 4.98 Å². The van der Waals surface area contributed by atoms with Gasteiger partial charge in [0.2, 0.25) is 0 Å². The van der Waals surface area contributed by atoms with Gasteiger partial charge in [0.25, 0.3) is 5.91 Å². The number of methoxy groups -OCH3 is 1. The van der Waals surface area contributed by atoms with E-state index in [1.807, 2.05) is 18.2 Å². The predicted octanol–water partition coefficient (Wildman–Crippen LogP) is 4.46. The number of rotatable bonds is 3. The number of hydrogen-bond donors (Lipinski definition) is 1. The van der Waals surface area contributed by atoms with Crippen molar-refractivity contribution in [2.45, 2.75) is 0 Å². The molecule has 4 nitrogen and oxygen atoms in total. The number of aromatic nitrogens is 1. The summed E-state index contributed by atoms with van der Waals surface area (Å²) in [6.45, 7) is 0. The molecule has 0 atom stereocenters. The van der Waals surface area contributed by atoms with E-state index in [1.54, 1.807) is 7.11 Å². The number of benzene rings is 2. The molecule has 7 heteroatoms. The third-order valence-electron chi connectivity index (χ3n) is 3.00. The number of nitrogens with zero attached hydrogens (tertiary/aromatic N) is 1. The van der Waals surface area contributed by atoms with Crippen LogP contribution in [-0.2, 0) is 0 Å². The molecular weight excluding hydrogens is 371 g/mol. The summed E-state index contributed by atoms with van der Waals surface area (Å²) in [7, 11) is 1.59. The standard InChI is InChI=1S/C15H10BrFN2O2S/c1-21-9-3-5-12-13(7-9)22-15(18-12)19-14(20)8-2-4-11(17)10(16)6-8/h2-7H,1H3,(H,18,19,20). The minimum Gasteiger partial charge on any atom is -0.497 e. The molecule has 0 aliphatic carbocycles. The Morgan fingerprint density at radius 3 is 2.86 bits per heavy atom. The smallest absolute Gasteiger partial charge is 0.257 e. The van der Waals surface area contributed by atoms with Crippen LogP contribution >= 0.6 is 27.3 Å². The van der Waals surface area contributed by atoms with Gasteiger partial charge in [0.15, 0.2) is 5.13 Å². The molecule has 2 aromatic carbocycles. The molecule has 1 N–H and O–H groups in total. The van der Waals surface area contributed by atoms with Gasteiger partial charge in [0.1, 0.15) is 11.6 Å². The second kappa shape index (κ2) is 6.02. The fourth-order valence-electron chi connectivity index (χ4n) is 1.89. The van der Waals surface area contributed by atoms with E-state index in [4.69, 9.17) is 4.74 Å². The Morgan fingerprint density at radius 2 is 2.14 bits per heavy atom. The molecule has 22 heavy (non-hydrogen) atoms. The van der Waals surface area contributed by atoms with Crippen LogP contribution in [-0.4, -0.2) is 18.0 Å². The average Bonchev–Trinajstić information content (AvgIpc) is 2.90. The summed E-state index contributed by atoms with van der Waals surface area (Å²) in [5, 5.41) is 3.20. The Bertz CT molecular complexity index is 866. The maximum atomic E-state index is 13.2. The van der Waals surface area contributed by atoms with Gasteiger partial charge in [-0.25, -0.2) is 9.37 Å². The van der Waals surface area contributed by atoms with Crippen molar-refractivity contribution in [3.05, 3.63) is 52.3 Å². The van der Waals surface area contributed by atoms with Gasteiger partial charge in [0, 0.05) is 5.56 Å². The molecule has 3 aromatic rings. The lowest BCUT2D eigenvalue weighted by atomic mass is 10.2. The highest BCUT2D eigenvalue weighted by Gasteiger charge is 2.12. The van der Waals surface area contributed by atoms with Gasteiger partial charge in [-0.1, -0.05) is 11.3 Å². The summed E-state index contributed by atoms with van der Waals surface area (Å²) < 4.78 is 19.5. The third-order valence-corrected chi connectivity index (χ3v) is 4.54. The lowest BCUT2D eigenvalue weighted by Gasteiger charge is -2.02. The summed E-state index contributed by atoms with van der Waals surface area (Å²) >= 11 is 4.41. The minimum atomic E-state index is -0.413. The normalized spacial score (nSPS) is 10.7. The summed E-state index contributed by atoms with van der Waals surface area (Å²) in [6.07, 6.45) is 0. The Kier molecular flexibility index (Phi) is 4.08. The molecule has 3 rings (SSSR count). The molecule has 0 spiro atoms. The molecule has 1 aromatic heterocycles. The molecule has 0 bridgehead atoms. The van der Waals surface area contributed by atoms with Gasteiger partial charge in [-0.05, 0) is 52.3 Å². The summed E-state index contributed by atoms with van der Waals surface area (Å²) in [5.74, 6) is -0.0214. The van der Waals surface area contributed by atoms with Crippen molar-refractivity contribution in [3.8, 4) is 5.75 Å². The van der Waals surface area contributed by atoms with Crippen LogP contribution in [0.1, 0.15) is 10.4 Å². The van der Waals surface area contributed by atoms with Crippen LogP contribution < -0.4 is 10.1 Å². The van der Waals surface area contributed by atoms with E-state index < -0.39 is 5.82 Å². The largest absolute Gasteiger partial charge is 0.497 e. The van der Waals surface area contributed by atoms with Crippen molar-refractivity contribution in [2.75, 3.05) is 12.4 Å². The Labute approximate surface area is 138 Å². The van der Waals surface area contributed by atoms with E-state index in [2.05, 4.69) is 26.2 Å². The van der Waals surface area contributed by atoms with Crippen molar-refractivity contribution < 1.29 is 13.9 Å². The number of carbonyl (C=O) groups is 1. The third kappa shape index (κ3) is 2.95. The van der Waals surface area contributed by atoms with Crippen LogP contribution in [0, 0.1) is 5.82 Å². The summed E-state index contributed by atoms with van der Waals surface area (Å²) in [4.78, 5) is 16.5. The number of nitrogens with one attached hydrogen (secondary N) is 1. The van der Waals surface area contributed by atoms with Gasteiger partial charge in [-0.2, -0.15) is 0 Å². The zero-order chi connectivity index (χ0) is 15.7. The highest BCUT2D eigenvalue weighted by atomic mass is 79.9. The number of amides is 1. The Hall–Kier alpha value is -1.99. The first-order valence-corrected chi connectivity index (χ1v) is 7.89. The molecular formula is C15H10BrFN2O2S. The Balaban J connectivity index is 1.85. The molecule has 0 radical (unpaired) electrons. The number of carbonyl (C=O) groups excluding carboxylic acids is 1. The maximum Gasteiger partial charge on any atom is 0.257 e. The van der Waals surface area contributed by atoms with Crippen LogP contribution in [0.2, 0.25) is 0 Å². The van der Waals surface area contributed by atoms with Crippen molar-refractivity contribution >= 4 is 48.5 Å². The minimum absolute atomic E-state index is 0.245. The maximum absolute atomic E-state index is 13.2. The van der Waals surface area contributed by atoms with E-state index >= 15 is 0 Å². The van der Waals surface area contributed by atoms with Crippen LogP contribution in [0.25, 0.3) is 10.2 Å². The molecule has 1 heterocycles. The molecule has 0 aliphatic rings. The van der Waals surface area contributed by atoms with Crippen molar-refractivity contribution in [1.29, 1.82) is 0 Å². The van der Waals surface area contributed by atoms with E-state index in [0.717, 1.165) is 16.0 Å². The van der Waals surface area contributed by atoms with Gasteiger partial charge >= 0.3 is 0 Å². The van der Waals surface area contributed by atoms with Crippen LogP contribution in [0.3, 0.4) is 0 Å². The van der Waals surface area contributed by atoms with Crippen LogP contribution in [0.5, 0.6) is 5.75 Å². The number of halogens is 2. The molecule has 0 saturated carbocycles. The molecule has 0 unspecified atom stereocenters. The second-order valence-electron chi connectivity index (χ2n) is 4.44. The van der Waals surface area contributed by atoms with Gasteiger partial charge in [-0.3, -0.25) is 10.1 Å². The van der Waals surface area contributed by atoms with Gasteiger partial charge < -0.3 is 4.74 Å². The number of hydrogen-bond acceptors (Lipinski definition) is 4. The van der Waals surface area contributed by atoms with Crippen LogP contribution in [0.15, 0.2) is 40.9 Å². The first-order valence-electron chi connectivity index (χ1n) is 6.28. The molecule has 1 amide bonds. The predicted molar refractivity (Wildman–Crippen MR) is 88.2 cm³/mol. The zero-order valence-electron chi connectivity index (χ0n) is 11.4. The van der Waals surface area contributed by atoms with Gasteiger partial charge in [-0.15, -0.1) is 0 Å². The first-order chi connectivity index (χ1) is 10.6. The quantitative estimate of drug-likeness (QED) is 0.729. The van der Waals surface area contributed by atoms with E-state index in [0.29, 0.717) is 10.7 Å². The van der Waals surface area contributed by atoms with E-state index in [1.165, 1.54) is 29.5 Å². The zero-order valence-corrected chi connectivity index (χ0v) is 13.8. The Morgan fingerprint density at radius 1 is 1.32 bits per heavy atom. The molecule has 0 saturated heterocycles. The highest BCUT2D eigenvalue weighted by Crippen LogP contribution is 2.29.